The molecule has 1 aromatic heterocycles. The number of carbonyl (C=O) groups is 1. The summed E-state index contributed by atoms with van der Waals surface area (Å²) < 4.78 is 1.15. The van der Waals surface area contributed by atoms with Crippen molar-refractivity contribution in [3.05, 3.63) is 76.3 Å². The van der Waals surface area contributed by atoms with E-state index in [1.54, 1.807) is 0 Å². The van der Waals surface area contributed by atoms with Crippen molar-refractivity contribution in [2.75, 3.05) is 5.32 Å². The molecule has 0 aliphatic heterocycles. The Bertz CT molecular complexity index is 1010. The number of amides is 1. The van der Waals surface area contributed by atoms with E-state index in [1.165, 1.54) is 6.20 Å². The first-order chi connectivity index (χ1) is 13.0. The molecule has 0 spiro atoms. The summed E-state index contributed by atoms with van der Waals surface area (Å²) in [6.45, 7) is 5.78. The van der Waals surface area contributed by atoms with Gasteiger partial charge in [0.1, 0.15) is 6.04 Å². The van der Waals surface area contributed by atoms with Crippen molar-refractivity contribution in [3.8, 4) is 11.3 Å². The van der Waals surface area contributed by atoms with Crippen molar-refractivity contribution in [2.45, 2.75) is 33.2 Å². The van der Waals surface area contributed by atoms with Gasteiger partial charge in [-0.1, -0.05) is 49.4 Å². The zero-order valence-corrected chi connectivity index (χ0v) is 15.6. The molecular formula is C21H22N4O2. The Labute approximate surface area is 157 Å². The minimum Gasteiger partial charge on any atom is -0.324 e. The summed E-state index contributed by atoms with van der Waals surface area (Å²) in [7, 11) is 0. The van der Waals surface area contributed by atoms with E-state index in [4.69, 9.17) is 0 Å². The van der Waals surface area contributed by atoms with E-state index in [-0.39, 0.29) is 5.91 Å². The van der Waals surface area contributed by atoms with E-state index in [9.17, 15) is 9.59 Å². The lowest BCUT2D eigenvalue weighted by molar-refractivity contribution is -0.119. The van der Waals surface area contributed by atoms with Crippen LogP contribution < -0.4 is 11.0 Å². The second kappa shape index (κ2) is 7.95. The SMILES string of the molecule is CC[C@@H](C(=O)Nc1cccc(C)c1C)n1ncc(-c2ccccc2)nc1=O. The van der Waals surface area contributed by atoms with Crippen LogP contribution in [0.15, 0.2) is 59.5 Å². The molecule has 1 amide bonds. The first-order valence-electron chi connectivity index (χ1n) is 8.89. The number of rotatable bonds is 5. The standard InChI is InChI=1S/C21H22N4O2/c1-4-19(20(26)23-17-12-8-9-14(2)15(17)3)25-21(27)24-18(13-22-25)16-10-6-5-7-11-16/h5-13,19H,4H2,1-3H3,(H,23,26)/t19-/m0/s1. The number of aromatic nitrogens is 3. The molecule has 3 rings (SSSR count). The van der Waals surface area contributed by atoms with Crippen LogP contribution in [0.2, 0.25) is 0 Å². The summed E-state index contributed by atoms with van der Waals surface area (Å²) in [6.07, 6.45) is 1.94. The molecule has 0 aliphatic carbocycles. The molecule has 27 heavy (non-hydrogen) atoms. The summed E-state index contributed by atoms with van der Waals surface area (Å²) >= 11 is 0. The van der Waals surface area contributed by atoms with Gasteiger partial charge in [-0.25, -0.2) is 9.48 Å². The van der Waals surface area contributed by atoms with Crippen molar-refractivity contribution in [1.29, 1.82) is 0 Å². The molecule has 138 valence electrons. The van der Waals surface area contributed by atoms with Gasteiger partial charge in [-0.3, -0.25) is 4.79 Å². The highest BCUT2D eigenvalue weighted by molar-refractivity contribution is 5.94. The number of nitrogens with one attached hydrogen (secondary N) is 1. The Kier molecular flexibility index (Phi) is 5.45. The molecule has 0 unspecified atom stereocenters. The Morgan fingerprint density at radius 1 is 1.11 bits per heavy atom. The van der Waals surface area contributed by atoms with Crippen LogP contribution in [0.1, 0.15) is 30.5 Å². The monoisotopic (exact) mass is 362 g/mol. The van der Waals surface area contributed by atoms with Gasteiger partial charge in [-0.2, -0.15) is 10.1 Å². The lowest BCUT2D eigenvalue weighted by Gasteiger charge is -2.18. The predicted molar refractivity (Wildman–Crippen MR) is 106 cm³/mol. The molecule has 6 heteroatoms. The quantitative estimate of drug-likeness (QED) is 0.753. The second-order valence-electron chi connectivity index (χ2n) is 6.40. The number of hydrogen-bond acceptors (Lipinski definition) is 4. The number of nitrogens with zero attached hydrogens (tertiary/aromatic N) is 3. The summed E-state index contributed by atoms with van der Waals surface area (Å²) in [4.78, 5) is 29.4. The van der Waals surface area contributed by atoms with Gasteiger partial charge in [-0.05, 0) is 37.5 Å². The van der Waals surface area contributed by atoms with Gasteiger partial charge in [-0.15, -0.1) is 0 Å². The highest BCUT2D eigenvalue weighted by Crippen LogP contribution is 2.20. The van der Waals surface area contributed by atoms with Gasteiger partial charge < -0.3 is 5.32 Å². The van der Waals surface area contributed by atoms with Crippen molar-refractivity contribution < 1.29 is 4.79 Å². The molecule has 6 nitrogen and oxygen atoms in total. The van der Waals surface area contributed by atoms with Crippen molar-refractivity contribution in [3.63, 3.8) is 0 Å². The molecule has 0 bridgehead atoms. The third-order valence-electron chi connectivity index (χ3n) is 4.63. The third kappa shape index (κ3) is 3.95. The smallest absolute Gasteiger partial charge is 0.324 e. The van der Waals surface area contributed by atoms with Crippen LogP contribution in [0.25, 0.3) is 11.3 Å². The minimum atomic E-state index is -0.727. The highest BCUT2D eigenvalue weighted by Gasteiger charge is 2.22. The summed E-state index contributed by atoms with van der Waals surface area (Å²) in [5.74, 6) is -0.282. The van der Waals surface area contributed by atoms with Gasteiger partial charge >= 0.3 is 5.69 Å². The van der Waals surface area contributed by atoms with E-state index < -0.39 is 11.7 Å². The minimum absolute atomic E-state index is 0.282. The van der Waals surface area contributed by atoms with Crippen LogP contribution in [0.4, 0.5) is 5.69 Å². The highest BCUT2D eigenvalue weighted by atomic mass is 16.2. The fourth-order valence-electron chi connectivity index (χ4n) is 2.88. The Morgan fingerprint density at radius 2 is 1.85 bits per heavy atom. The fraction of sp³-hybridized carbons (Fsp3) is 0.238. The van der Waals surface area contributed by atoms with Crippen molar-refractivity contribution in [1.82, 2.24) is 14.8 Å². The van der Waals surface area contributed by atoms with Crippen molar-refractivity contribution in [2.24, 2.45) is 0 Å². The number of anilines is 1. The molecule has 0 saturated carbocycles. The first kappa shape index (κ1) is 18.5. The average Bonchev–Trinajstić information content (AvgIpc) is 2.68. The van der Waals surface area contributed by atoms with Gasteiger partial charge in [0.15, 0.2) is 0 Å². The summed E-state index contributed by atoms with van der Waals surface area (Å²) in [6, 6.07) is 14.3. The lowest BCUT2D eigenvalue weighted by atomic mass is 10.1. The first-order valence-corrected chi connectivity index (χ1v) is 8.89. The zero-order valence-electron chi connectivity index (χ0n) is 15.6. The Morgan fingerprint density at radius 3 is 2.52 bits per heavy atom. The van der Waals surface area contributed by atoms with E-state index >= 15 is 0 Å². The Balaban J connectivity index is 1.88. The molecule has 1 N–H and O–H groups in total. The summed E-state index contributed by atoms with van der Waals surface area (Å²) in [5.41, 5.74) is 3.58. The van der Waals surface area contributed by atoms with Crippen LogP contribution in [0, 0.1) is 13.8 Å². The third-order valence-corrected chi connectivity index (χ3v) is 4.63. The van der Waals surface area contributed by atoms with E-state index in [0.717, 1.165) is 27.1 Å². The predicted octanol–water partition coefficient (Wildman–Crippen LogP) is 3.51. The lowest BCUT2D eigenvalue weighted by Crippen LogP contribution is -2.36. The second-order valence-corrected chi connectivity index (χ2v) is 6.40. The molecule has 0 saturated heterocycles. The van der Waals surface area contributed by atoms with Crippen LogP contribution in [0.3, 0.4) is 0 Å². The van der Waals surface area contributed by atoms with E-state index in [0.29, 0.717) is 12.1 Å². The normalized spacial score (nSPS) is 11.8. The van der Waals surface area contributed by atoms with Crippen LogP contribution >= 0.6 is 0 Å². The van der Waals surface area contributed by atoms with Gasteiger partial charge in [0.2, 0.25) is 5.91 Å². The van der Waals surface area contributed by atoms with E-state index in [1.807, 2.05) is 69.3 Å². The molecule has 2 aromatic carbocycles. The molecular weight excluding hydrogens is 340 g/mol. The molecule has 0 radical (unpaired) electrons. The van der Waals surface area contributed by atoms with Gasteiger partial charge in [0.25, 0.3) is 0 Å². The number of aryl methyl sites for hydroxylation is 1. The zero-order chi connectivity index (χ0) is 19.4. The number of hydrogen-bond donors (Lipinski definition) is 1. The van der Waals surface area contributed by atoms with Crippen LogP contribution in [0.5, 0.6) is 0 Å². The number of carbonyl (C=O) groups excluding carboxylic acids is 1. The Hall–Kier alpha value is -3.28. The molecule has 3 aromatic rings. The average molecular weight is 362 g/mol. The van der Waals surface area contributed by atoms with Crippen LogP contribution in [-0.4, -0.2) is 20.7 Å². The van der Waals surface area contributed by atoms with E-state index in [2.05, 4.69) is 15.4 Å². The maximum absolute atomic E-state index is 12.8. The van der Waals surface area contributed by atoms with Gasteiger partial charge in [0, 0.05) is 11.3 Å². The molecule has 1 heterocycles. The maximum atomic E-state index is 12.8. The fourth-order valence-corrected chi connectivity index (χ4v) is 2.88. The molecule has 0 fully saturated rings. The number of benzene rings is 2. The maximum Gasteiger partial charge on any atom is 0.365 e. The molecule has 0 aliphatic rings. The van der Waals surface area contributed by atoms with Crippen molar-refractivity contribution >= 4 is 11.6 Å². The topological polar surface area (TPSA) is 76.9 Å². The largest absolute Gasteiger partial charge is 0.365 e. The summed E-state index contributed by atoms with van der Waals surface area (Å²) in [5, 5.41) is 7.12. The van der Waals surface area contributed by atoms with Gasteiger partial charge in [0.05, 0.1) is 11.9 Å². The molecule has 1 atom stereocenters. The van der Waals surface area contributed by atoms with Crippen LogP contribution in [-0.2, 0) is 4.79 Å².